The molecule has 0 spiro atoms. The molecule has 1 unspecified atom stereocenters. The first-order chi connectivity index (χ1) is 16.5. The lowest BCUT2D eigenvalue weighted by Crippen LogP contribution is -2.14. The summed E-state index contributed by atoms with van der Waals surface area (Å²) in [6.07, 6.45) is 2.94. The average Bonchev–Trinajstić information content (AvgIpc) is 3.18. The van der Waals surface area contributed by atoms with Gasteiger partial charge in [-0.05, 0) is 67.1 Å². The first-order valence-corrected chi connectivity index (χ1v) is 12.8. The zero-order valence-electron chi connectivity index (χ0n) is 19.0. The van der Waals surface area contributed by atoms with E-state index in [4.69, 9.17) is 4.74 Å². The molecular weight excluding hydrogens is 466 g/mol. The van der Waals surface area contributed by atoms with E-state index >= 15 is 0 Å². The van der Waals surface area contributed by atoms with Gasteiger partial charge in [-0.15, -0.1) is 23.1 Å². The summed E-state index contributed by atoms with van der Waals surface area (Å²) >= 11 is 2.91. The van der Waals surface area contributed by atoms with Crippen LogP contribution in [-0.4, -0.2) is 24.7 Å². The van der Waals surface area contributed by atoms with Crippen LogP contribution in [0.15, 0.2) is 53.4 Å². The molecule has 174 valence electrons. The van der Waals surface area contributed by atoms with Crippen LogP contribution in [0.1, 0.15) is 39.7 Å². The number of amides is 2. The van der Waals surface area contributed by atoms with E-state index in [9.17, 15) is 14.9 Å². The molecule has 1 atom stereocenters. The van der Waals surface area contributed by atoms with Gasteiger partial charge in [-0.2, -0.15) is 5.26 Å². The van der Waals surface area contributed by atoms with E-state index in [0.29, 0.717) is 33.5 Å². The van der Waals surface area contributed by atoms with Gasteiger partial charge in [-0.25, -0.2) is 0 Å². The van der Waals surface area contributed by atoms with Crippen molar-refractivity contribution in [2.75, 3.05) is 23.5 Å². The number of methoxy groups -OCH3 is 1. The molecule has 4 rings (SSSR count). The Labute approximate surface area is 207 Å². The molecular formula is C26H25N3O3S2. The fourth-order valence-corrected chi connectivity index (χ4v) is 6.03. The Morgan fingerprint density at radius 2 is 2.03 bits per heavy atom. The second-order valence-corrected chi connectivity index (χ2v) is 10.4. The lowest BCUT2D eigenvalue weighted by molar-refractivity contribution is -0.113. The highest BCUT2D eigenvalue weighted by atomic mass is 32.2. The van der Waals surface area contributed by atoms with E-state index in [1.807, 2.05) is 18.2 Å². The Bertz CT molecular complexity index is 1260. The number of fused-ring (bicyclic) bond motifs is 1. The highest BCUT2D eigenvalue weighted by Crippen LogP contribution is 2.39. The van der Waals surface area contributed by atoms with Crippen LogP contribution in [0.2, 0.25) is 0 Å². The molecule has 0 bridgehead atoms. The maximum atomic E-state index is 12.6. The van der Waals surface area contributed by atoms with Crippen LogP contribution in [-0.2, 0) is 17.6 Å². The second kappa shape index (κ2) is 10.8. The molecule has 2 aromatic carbocycles. The third-order valence-corrected chi connectivity index (χ3v) is 7.83. The number of nitrogens with one attached hydrogen (secondary N) is 2. The van der Waals surface area contributed by atoms with Gasteiger partial charge in [0.1, 0.15) is 16.8 Å². The standard InChI is InChI=1S/C26H25N3O3S2/c1-16-9-10-21-22(14-27)26(34-23(21)11-16)29-24(30)15-33-20-8-4-6-18(13-20)28-25(31)17-5-3-7-19(12-17)32-2/h3-8,12-13,16H,9-11,15H2,1-2H3,(H,28,31)(H,29,30). The van der Waals surface area contributed by atoms with E-state index in [-0.39, 0.29) is 17.6 Å². The smallest absolute Gasteiger partial charge is 0.255 e. The molecule has 0 aliphatic heterocycles. The predicted octanol–water partition coefficient (Wildman–Crippen LogP) is 5.74. The SMILES string of the molecule is COc1cccc(C(=O)Nc2cccc(SCC(=O)Nc3sc4c(c3C#N)CCC(C)C4)c2)c1. The van der Waals surface area contributed by atoms with Crippen molar-refractivity contribution in [2.45, 2.75) is 31.1 Å². The molecule has 1 heterocycles. The van der Waals surface area contributed by atoms with Crippen LogP contribution in [0.4, 0.5) is 10.7 Å². The Hall–Kier alpha value is -3.28. The largest absolute Gasteiger partial charge is 0.497 e. The summed E-state index contributed by atoms with van der Waals surface area (Å²) in [5.41, 5.74) is 2.86. The molecule has 1 aliphatic carbocycles. The van der Waals surface area contributed by atoms with Crippen molar-refractivity contribution in [2.24, 2.45) is 5.92 Å². The number of thioether (sulfide) groups is 1. The van der Waals surface area contributed by atoms with E-state index in [2.05, 4.69) is 23.6 Å². The summed E-state index contributed by atoms with van der Waals surface area (Å²) in [6, 6.07) is 16.6. The summed E-state index contributed by atoms with van der Waals surface area (Å²) in [6.45, 7) is 2.22. The molecule has 6 nitrogen and oxygen atoms in total. The summed E-state index contributed by atoms with van der Waals surface area (Å²) < 4.78 is 5.18. The Morgan fingerprint density at radius 3 is 2.82 bits per heavy atom. The number of hydrogen-bond acceptors (Lipinski definition) is 6. The van der Waals surface area contributed by atoms with E-state index in [1.54, 1.807) is 37.4 Å². The predicted molar refractivity (Wildman–Crippen MR) is 137 cm³/mol. The molecule has 0 saturated carbocycles. The average molecular weight is 492 g/mol. The molecule has 0 radical (unpaired) electrons. The van der Waals surface area contributed by atoms with Crippen LogP contribution in [0, 0.1) is 17.2 Å². The zero-order chi connectivity index (χ0) is 24.1. The summed E-state index contributed by atoms with van der Waals surface area (Å²) in [4.78, 5) is 27.3. The van der Waals surface area contributed by atoms with Crippen molar-refractivity contribution in [3.05, 3.63) is 70.1 Å². The molecule has 2 amide bonds. The fraction of sp³-hybridized carbons (Fsp3) is 0.269. The fourth-order valence-electron chi connectivity index (χ4n) is 3.90. The maximum absolute atomic E-state index is 12.6. The molecule has 34 heavy (non-hydrogen) atoms. The minimum atomic E-state index is -0.237. The highest BCUT2D eigenvalue weighted by molar-refractivity contribution is 8.00. The topological polar surface area (TPSA) is 91.2 Å². The van der Waals surface area contributed by atoms with Gasteiger partial charge >= 0.3 is 0 Å². The van der Waals surface area contributed by atoms with Gasteiger partial charge in [0.15, 0.2) is 0 Å². The number of nitriles is 1. The number of hydrogen-bond donors (Lipinski definition) is 2. The van der Waals surface area contributed by atoms with Gasteiger partial charge in [-0.1, -0.05) is 19.1 Å². The number of thiophene rings is 1. The highest BCUT2D eigenvalue weighted by Gasteiger charge is 2.24. The van der Waals surface area contributed by atoms with Crippen molar-refractivity contribution in [3.63, 3.8) is 0 Å². The molecule has 1 aliphatic rings. The second-order valence-electron chi connectivity index (χ2n) is 8.22. The van der Waals surface area contributed by atoms with Crippen molar-refractivity contribution in [1.82, 2.24) is 0 Å². The maximum Gasteiger partial charge on any atom is 0.255 e. The normalized spacial score (nSPS) is 14.6. The van der Waals surface area contributed by atoms with Crippen molar-refractivity contribution < 1.29 is 14.3 Å². The Morgan fingerprint density at radius 1 is 1.21 bits per heavy atom. The third-order valence-electron chi connectivity index (χ3n) is 5.67. The van der Waals surface area contributed by atoms with Crippen LogP contribution in [0.5, 0.6) is 5.75 Å². The number of benzene rings is 2. The number of rotatable bonds is 7. The van der Waals surface area contributed by atoms with Gasteiger partial charge in [-0.3, -0.25) is 9.59 Å². The first-order valence-electron chi connectivity index (χ1n) is 11.0. The van der Waals surface area contributed by atoms with Crippen LogP contribution < -0.4 is 15.4 Å². The lowest BCUT2D eigenvalue weighted by Gasteiger charge is -2.17. The van der Waals surface area contributed by atoms with Gasteiger partial charge in [0.2, 0.25) is 5.91 Å². The number of carbonyl (C=O) groups is 2. The third kappa shape index (κ3) is 5.61. The molecule has 3 aromatic rings. The van der Waals surface area contributed by atoms with Gasteiger partial charge in [0.05, 0.1) is 18.4 Å². The summed E-state index contributed by atoms with van der Waals surface area (Å²) in [5.74, 6) is 1.03. The number of anilines is 2. The number of carbonyl (C=O) groups excluding carboxylic acids is 2. The van der Waals surface area contributed by atoms with E-state index in [1.165, 1.54) is 28.0 Å². The molecule has 1 aromatic heterocycles. The summed E-state index contributed by atoms with van der Waals surface area (Å²) in [7, 11) is 1.56. The number of ether oxygens (including phenoxy) is 1. The molecule has 2 N–H and O–H groups in total. The van der Waals surface area contributed by atoms with Crippen LogP contribution >= 0.6 is 23.1 Å². The minimum absolute atomic E-state index is 0.154. The van der Waals surface area contributed by atoms with Gasteiger partial charge in [0, 0.05) is 21.0 Å². The summed E-state index contributed by atoms with van der Waals surface area (Å²) in [5, 5.41) is 16.1. The molecule has 8 heteroatoms. The molecule has 0 saturated heterocycles. The quantitative estimate of drug-likeness (QED) is 0.412. The minimum Gasteiger partial charge on any atom is -0.497 e. The van der Waals surface area contributed by atoms with E-state index in [0.717, 1.165) is 29.7 Å². The van der Waals surface area contributed by atoms with E-state index < -0.39 is 0 Å². The number of nitrogens with zero attached hydrogens (tertiary/aromatic N) is 1. The van der Waals surface area contributed by atoms with Crippen LogP contribution in [0.3, 0.4) is 0 Å². The van der Waals surface area contributed by atoms with Crippen molar-refractivity contribution in [3.8, 4) is 11.8 Å². The molecule has 0 fully saturated rings. The van der Waals surface area contributed by atoms with Crippen LogP contribution in [0.25, 0.3) is 0 Å². The Kier molecular flexibility index (Phi) is 7.56. The van der Waals surface area contributed by atoms with Gasteiger partial charge < -0.3 is 15.4 Å². The zero-order valence-corrected chi connectivity index (χ0v) is 20.6. The van der Waals surface area contributed by atoms with Gasteiger partial charge in [0.25, 0.3) is 5.91 Å². The Balaban J connectivity index is 1.36. The lowest BCUT2D eigenvalue weighted by atomic mass is 9.89. The van der Waals surface area contributed by atoms with Crippen molar-refractivity contribution >= 4 is 45.6 Å². The first kappa shape index (κ1) is 23.9. The monoisotopic (exact) mass is 491 g/mol. The van der Waals surface area contributed by atoms with Crippen molar-refractivity contribution in [1.29, 1.82) is 5.26 Å².